The fourth-order valence-corrected chi connectivity index (χ4v) is 0.936. The number of hydrogen-bond donors (Lipinski definition) is 0. The highest BCUT2D eigenvalue weighted by molar-refractivity contribution is 5.98. The summed E-state index contributed by atoms with van der Waals surface area (Å²) in [5, 5.41) is 0. The highest BCUT2D eigenvalue weighted by atomic mass is 17.2. The first-order valence-electron chi connectivity index (χ1n) is 4.86. The first kappa shape index (κ1) is 15.2. The van der Waals surface area contributed by atoms with E-state index in [1.54, 1.807) is 0 Å². The molecule has 0 amide bonds. The van der Waals surface area contributed by atoms with Crippen molar-refractivity contribution in [1.82, 2.24) is 0 Å². The predicted octanol–water partition coefficient (Wildman–Crippen LogP) is -0.0374. The molecule has 0 aliphatic carbocycles. The van der Waals surface area contributed by atoms with Crippen LogP contribution < -0.4 is 0 Å². The molecular formula is C10H14O7. The molecule has 0 unspecified atom stereocenters. The van der Waals surface area contributed by atoms with Gasteiger partial charge in [-0.15, -0.1) is 0 Å². The summed E-state index contributed by atoms with van der Waals surface area (Å²) < 4.78 is 4.58. The van der Waals surface area contributed by atoms with Crippen molar-refractivity contribution < 1.29 is 33.7 Å². The average Bonchev–Trinajstić information content (AvgIpc) is 2.16. The van der Waals surface area contributed by atoms with Gasteiger partial charge in [-0.05, 0) is 6.92 Å². The molecule has 0 aliphatic rings. The number of Topliss-reactive ketones (excluding diaryl/α,β-unsaturated/α-hetero) is 2. The van der Waals surface area contributed by atoms with Gasteiger partial charge < -0.3 is 4.74 Å². The number of hydrogen-bond acceptors (Lipinski definition) is 7. The Bertz CT molecular complexity index is 308. The van der Waals surface area contributed by atoms with Crippen LogP contribution in [0.15, 0.2) is 0 Å². The SMILES string of the molecule is COOC(=O)CC(=O)OCCC(=O)CC(C)=O. The van der Waals surface area contributed by atoms with Crippen LogP contribution in [0, 0.1) is 0 Å². The third-order valence-electron chi connectivity index (χ3n) is 1.56. The van der Waals surface area contributed by atoms with Gasteiger partial charge in [0.25, 0.3) is 0 Å². The normalized spacial score (nSPS) is 9.53. The lowest BCUT2D eigenvalue weighted by molar-refractivity contribution is -0.255. The molecule has 96 valence electrons. The van der Waals surface area contributed by atoms with Crippen LogP contribution in [0.5, 0.6) is 0 Å². The second-order valence-corrected chi connectivity index (χ2v) is 3.19. The van der Waals surface area contributed by atoms with Crippen LogP contribution in [-0.2, 0) is 33.7 Å². The molecule has 0 bridgehead atoms. The van der Waals surface area contributed by atoms with Crippen molar-refractivity contribution in [2.75, 3.05) is 13.7 Å². The Morgan fingerprint density at radius 3 is 2.18 bits per heavy atom. The van der Waals surface area contributed by atoms with E-state index in [1.807, 2.05) is 0 Å². The second-order valence-electron chi connectivity index (χ2n) is 3.19. The van der Waals surface area contributed by atoms with Crippen molar-refractivity contribution in [3.05, 3.63) is 0 Å². The van der Waals surface area contributed by atoms with E-state index in [1.165, 1.54) is 6.92 Å². The molecule has 0 aromatic carbocycles. The van der Waals surface area contributed by atoms with Gasteiger partial charge >= 0.3 is 11.9 Å². The molecule has 0 radical (unpaired) electrons. The number of rotatable bonds is 8. The van der Waals surface area contributed by atoms with Gasteiger partial charge in [-0.3, -0.25) is 19.3 Å². The lowest BCUT2D eigenvalue weighted by atomic mass is 10.2. The number of esters is 1. The maximum atomic E-state index is 11.0. The zero-order valence-corrected chi connectivity index (χ0v) is 9.69. The summed E-state index contributed by atoms with van der Waals surface area (Å²) in [5.41, 5.74) is 0. The van der Waals surface area contributed by atoms with E-state index < -0.39 is 18.4 Å². The number of ketones is 2. The van der Waals surface area contributed by atoms with E-state index >= 15 is 0 Å². The van der Waals surface area contributed by atoms with Gasteiger partial charge in [0.15, 0.2) is 0 Å². The van der Waals surface area contributed by atoms with Crippen LogP contribution in [-0.4, -0.2) is 37.2 Å². The molecule has 0 heterocycles. The Kier molecular flexibility index (Phi) is 7.53. The maximum Gasteiger partial charge on any atom is 0.353 e. The van der Waals surface area contributed by atoms with E-state index in [-0.39, 0.29) is 31.0 Å². The summed E-state index contributed by atoms with van der Waals surface area (Å²) in [6.07, 6.45) is -0.817. The quantitative estimate of drug-likeness (QED) is 0.256. The van der Waals surface area contributed by atoms with Crippen LogP contribution >= 0.6 is 0 Å². The molecule has 0 saturated heterocycles. The van der Waals surface area contributed by atoms with Crippen molar-refractivity contribution in [2.24, 2.45) is 0 Å². The first-order chi connectivity index (χ1) is 7.95. The van der Waals surface area contributed by atoms with E-state index in [0.717, 1.165) is 7.11 Å². The minimum Gasteiger partial charge on any atom is -0.465 e. The van der Waals surface area contributed by atoms with E-state index in [9.17, 15) is 19.2 Å². The largest absolute Gasteiger partial charge is 0.465 e. The van der Waals surface area contributed by atoms with Crippen LogP contribution in [0.25, 0.3) is 0 Å². The van der Waals surface area contributed by atoms with Crippen molar-refractivity contribution in [2.45, 2.75) is 26.2 Å². The molecular weight excluding hydrogens is 232 g/mol. The monoisotopic (exact) mass is 246 g/mol. The average molecular weight is 246 g/mol. The fourth-order valence-electron chi connectivity index (χ4n) is 0.936. The molecule has 0 saturated carbocycles. The molecule has 7 heteroatoms. The van der Waals surface area contributed by atoms with Gasteiger partial charge in [0, 0.05) is 6.42 Å². The topological polar surface area (TPSA) is 96.0 Å². The van der Waals surface area contributed by atoms with E-state index in [0.29, 0.717) is 0 Å². The minimum absolute atomic E-state index is 0.0509. The fraction of sp³-hybridized carbons (Fsp3) is 0.600. The number of carbonyl (C=O) groups excluding carboxylic acids is 4. The Hall–Kier alpha value is -1.76. The zero-order chi connectivity index (χ0) is 13.3. The van der Waals surface area contributed by atoms with Gasteiger partial charge in [0.05, 0.1) is 20.1 Å². The molecule has 7 nitrogen and oxygen atoms in total. The highest BCUT2D eigenvalue weighted by Gasteiger charge is 2.13. The van der Waals surface area contributed by atoms with E-state index in [2.05, 4.69) is 14.5 Å². The van der Waals surface area contributed by atoms with Crippen molar-refractivity contribution in [3.8, 4) is 0 Å². The first-order valence-corrected chi connectivity index (χ1v) is 4.86. The molecule has 0 atom stereocenters. The van der Waals surface area contributed by atoms with Crippen molar-refractivity contribution in [3.63, 3.8) is 0 Å². The van der Waals surface area contributed by atoms with Crippen LogP contribution in [0.3, 0.4) is 0 Å². The summed E-state index contributed by atoms with van der Waals surface area (Å²) in [6, 6.07) is 0. The summed E-state index contributed by atoms with van der Waals surface area (Å²) in [4.78, 5) is 51.4. The Morgan fingerprint density at radius 1 is 1.00 bits per heavy atom. The van der Waals surface area contributed by atoms with Crippen LogP contribution in [0.2, 0.25) is 0 Å². The maximum absolute atomic E-state index is 11.0. The van der Waals surface area contributed by atoms with Gasteiger partial charge in [-0.2, -0.15) is 4.89 Å². The molecule has 0 aromatic heterocycles. The van der Waals surface area contributed by atoms with Crippen LogP contribution in [0.4, 0.5) is 0 Å². The lowest BCUT2D eigenvalue weighted by Crippen LogP contribution is -2.16. The lowest BCUT2D eigenvalue weighted by Gasteiger charge is -2.03. The van der Waals surface area contributed by atoms with Crippen molar-refractivity contribution in [1.29, 1.82) is 0 Å². The Balaban J connectivity index is 3.67. The standard InChI is InChI=1S/C10H14O7/c1-7(11)5-8(12)3-4-16-9(13)6-10(14)17-15-2/h3-6H2,1-2H3. The molecule has 0 spiro atoms. The van der Waals surface area contributed by atoms with E-state index in [4.69, 9.17) is 0 Å². The molecule has 0 rings (SSSR count). The second kappa shape index (κ2) is 8.40. The number of carbonyl (C=O) groups is 4. The Morgan fingerprint density at radius 2 is 1.65 bits per heavy atom. The van der Waals surface area contributed by atoms with Gasteiger partial charge in [-0.25, -0.2) is 4.79 Å². The molecule has 0 aromatic rings. The smallest absolute Gasteiger partial charge is 0.353 e. The van der Waals surface area contributed by atoms with Crippen molar-refractivity contribution >= 4 is 23.5 Å². The van der Waals surface area contributed by atoms with Crippen LogP contribution in [0.1, 0.15) is 26.2 Å². The molecule has 0 aliphatic heterocycles. The van der Waals surface area contributed by atoms with Gasteiger partial charge in [0.1, 0.15) is 18.0 Å². The predicted molar refractivity (Wildman–Crippen MR) is 53.6 cm³/mol. The molecule has 0 fully saturated rings. The summed E-state index contributed by atoms with van der Waals surface area (Å²) in [5.74, 6) is -2.26. The molecule has 17 heavy (non-hydrogen) atoms. The summed E-state index contributed by atoms with van der Waals surface area (Å²) >= 11 is 0. The third kappa shape index (κ3) is 9.19. The van der Waals surface area contributed by atoms with Gasteiger partial charge in [0.2, 0.25) is 0 Å². The summed E-state index contributed by atoms with van der Waals surface area (Å²) in [6.45, 7) is 1.13. The third-order valence-corrected chi connectivity index (χ3v) is 1.56. The summed E-state index contributed by atoms with van der Waals surface area (Å²) in [7, 11) is 1.13. The Labute approximate surface area is 97.9 Å². The van der Waals surface area contributed by atoms with Gasteiger partial charge in [-0.1, -0.05) is 0 Å². The minimum atomic E-state index is -0.882. The highest BCUT2D eigenvalue weighted by Crippen LogP contribution is 1.96. The molecule has 0 N–H and O–H groups in total. The number of ether oxygens (including phenoxy) is 1. The zero-order valence-electron chi connectivity index (χ0n) is 9.69.